The fourth-order valence-electron chi connectivity index (χ4n) is 1.66. The number of ether oxygens (including phenoxy) is 1. The molecule has 2 unspecified atom stereocenters. The molecular weight excluding hydrogens is 232 g/mol. The van der Waals surface area contributed by atoms with Crippen molar-refractivity contribution in [3.63, 3.8) is 0 Å². The highest BCUT2D eigenvalue weighted by atomic mass is 16.5. The first-order valence-electron chi connectivity index (χ1n) is 6.15. The summed E-state index contributed by atoms with van der Waals surface area (Å²) in [5, 5.41) is 6.97. The Morgan fingerprint density at radius 1 is 1.61 bits per heavy atom. The number of nitrogens with one attached hydrogen (secondary N) is 1. The number of hydrogen-bond donors (Lipinski definition) is 2. The van der Waals surface area contributed by atoms with E-state index < -0.39 is 6.04 Å². The first-order valence-corrected chi connectivity index (χ1v) is 6.15. The summed E-state index contributed by atoms with van der Waals surface area (Å²) in [5.74, 6) is -0.120. The molecule has 0 aliphatic carbocycles. The molecule has 1 aromatic heterocycles. The minimum atomic E-state index is -0.472. The van der Waals surface area contributed by atoms with Gasteiger partial charge in [-0.2, -0.15) is 5.10 Å². The van der Waals surface area contributed by atoms with Gasteiger partial charge in [0.1, 0.15) is 0 Å². The number of aromatic nitrogens is 2. The predicted octanol–water partition coefficient (Wildman–Crippen LogP) is 0.142. The predicted molar refractivity (Wildman–Crippen MR) is 68.9 cm³/mol. The Kier molecular flexibility index (Phi) is 6.38. The first-order chi connectivity index (χ1) is 8.63. The molecule has 1 heterocycles. The molecule has 0 bridgehead atoms. The molecule has 0 saturated carbocycles. The lowest BCUT2D eigenvalue weighted by Gasteiger charge is -2.17. The van der Waals surface area contributed by atoms with Crippen LogP contribution in [0.1, 0.15) is 19.8 Å². The summed E-state index contributed by atoms with van der Waals surface area (Å²) in [6.45, 7) is 3.20. The monoisotopic (exact) mass is 254 g/mol. The van der Waals surface area contributed by atoms with Gasteiger partial charge in [0.15, 0.2) is 0 Å². The first kappa shape index (κ1) is 14.7. The van der Waals surface area contributed by atoms with Crippen LogP contribution in [0.3, 0.4) is 0 Å². The molecule has 1 amide bonds. The van der Waals surface area contributed by atoms with Gasteiger partial charge in [-0.25, -0.2) is 0 Å². The molecule has 0 aliphatic rings. The van der Waals surface area contributed by atoms with E-state index in [-0.39, 0.29) is 11.9 Å². The van der Waals surface area contributed by atoms with Crippen LogP contribution < -0.4 is 11.1 Å². The molecule has 0 fully saturated rings. The van der Waals surface area contributed by atoms with Crippen molar-refractivity contribution in [1.82, 2.24) is 15.1 Å². The van der Waals surface area contributed by atoms with Crippen LogP contribution >= 0.6 is 0 Å². The standard InChI is InChI=1S/C12H22N4O2/c1-10(9-16-7-4-6-14-16)15-12(17)11(13)5-3-8-18-2/h4,6-7,10-11H,3,5,8-9,13H2,1-2H3,(H,15,17). The lowest BCUT2D eigenvalue weighted by atomic mass is 10.1. The highest BCUT2D eigenvalue weighted by Gasteiger charge is 2.15. The molecule has 0 saturated heterocycles. The van der Waals surface area contributed by atoms with E-state index in [1.165, 1.54) is 0 Å². The smallest absolute Gasteiger partial charge is 0.237 e. The van der Waals surface area contributed by atoms with Crippen molar-refractivity contribution in [2.75, 3.05) is 13.7 Å². The van der Waals surface area contributed by atoms with Crippen LogP contribution in [0.4, 0.5) is 0 Å². The maximum Gasteiger partial charge on any atom is 0.237 e. The van der Waals surface area contributed by atoms with Gasteiger partial charge in [0.05, 0.1) is 12.6 Å². The fourth-order valence-corrected chi connectivity index (χ4v) is 1.66. The Morgan fingerprint density at radius 2 is 2.39 bits per heavy atom. The number of carbonyl (C=O) groups excluding carboxylic acids is 1. The zero-order valence-corrected chi connectivity index (χ0v) is 11.0. The van der Waals surface area contributed by atoms with E-state index in [1.807, 2.05) is 19.2 Å². The second-order valence-electron chi connectivity index (χ2n) is 4.38. The number of methoxy groups -OCH3 is 1. The number of nitrogens with zero attached hydrogens (tertiary/aromatic N) is 2. The average Bonchev–Trinajstić information content (AvgIpc) is 2.81. The third kappa shape index (κ3) is 5.29. The van der Waals surface area contributed by atoms with Gasteiger partial charge in [0, 0.05) is 32.2 Å². The molecule has 2 atom stereocenters. The van der Waals surface area contributed by atoms with Crippen molar-refractivity contribution >= 4 is 5.91 Å². The Morgan fingerprint density at radius 3 is 3.00 bits per heavy atom. The lowest BCUT2D eigenvalue weighted by Crippen LogP contribution is -2.45. The Bertz CT molecular complexity index is 340. The van der Waals surface area contributed by atoms with E-state index >= 15 is 0 Å². The summed E-state index contributed by atoms with van der Waals surface area (Å²) < 4.78 is 6.70. The van der Waals surface area contributed by atoms with Crippen LogP contribution in [0.15, 0.2) is 18.5 Å². The van der Waals surface area contributed by atoms with E-state index in [4.69, 9.17) is 10.5 Å². The average molecular weight is 254 g/mol. The maximum absolute atomic E-state index is 11.8. The van der Waals surface area contributed by atoms with E-state index in [0.29, 0.717) is 19.6 Å². The number of rotatable bonds is 8. The van der Waals surface area contributed by atoms with Gasteiger partial charge in [0.25, 0.3) is 0 Å². The van der Waals surface area contributed by atoms with E-state index in [2.05, 4.69) is 10.4 Å². The zero-order valence-electron chi connectivity index (χ0n) is 11.0. The minimum Gasteiger partial charge on any atom is -0.385 e. The summed E-state index contributed by atoms with van der Waals surface area (Å²) in [7, 11) is 1.64. The quantitative estimate of drug-likeness (QED) is 0.647. The Balaban J connectivity index is 2.25. The Labute approximate surface area is 107 Å². The van der Waals surface area contributed by atoms with Crippen LogP contribution in [-0.4, -0.2) is 41.5 Å². The largest absolute Gasteiger partial charge is 0.385 e. The number of hydrogen-bond acceptors (Lipinski definition) is 4. The third-order valence-electron chi connectivity index (χ3n) is 2.61. The topological polar surface area (TPSA) is 82.2 Å². The normalized spacial score (nSPS) is 14.2. The van der Waals surface area contributed by atoms with Crippen molar-refractivity contribution in [2.45, 2.75) is 38.4 Å². The Hall–Kier alpha value is -1.40. The van der Waals surface area contributed by atoms with E-state index in [9.17, 15) is 4.79 Å². The molecule has 0 aromatic carbocycles. The van der Waals surface area contributed by atoms with E-state index in [1.54, 1.807) is 18.0 Å². The third-order valence-corrected chi connectivity index (χ3v) is 2.61. The summed E-state index contributed by atoms with van der Waals surface area (Å²) >= 11 is 0. The van der Waals surface area contributed by atoms with Crippen LogP contribution in [0.5, 0.6) is 0 Å². The molecule has 0 aliphatic heterocycles. The van der Waals surface area contributed by atoms with Gasteiger partial charge < -0.3 is 15.8 Å². The zero-order chi connectivity index (χ0) is 13.4. The van der Waals surface area contributed by atoms with Crippen molar-refractivity contribution < 1.29 is 9.53 Å². The molecule has 102 valence electrons. The van der Waals surface area contributed by atoms with Crippen LogP contribution in [0.25, 0.3) is 0 Å². The van der Waals surface area contributed by atoms with Crippen LogP contribution in [0, 0.1) is 0 Å². The molecular formula is C12H22N4O2. The second kappa shape index (κ2) is 7.84. The highest BCUT2D eigenvalue weighted by molar-refractivity contribution is 5.81. The molecule has 18 heavy (non-hydrogen) atoms. The van der Waals surface area contributed by atoms with Crippen molar-refractivity contribution in [3.8, 4) is 0 Å². The fraction of sp³-hybridized carbons (Fsp3) is 0.667. The second-order valence-corrected chi connectivity index (χ2v) is 4.38. The molecule has 6 nitrogen and oxygen atoms in total. The lowest BCUT2D eigenvalue weighted by molar-refractivity contribution is -0.123. The summed E-state index contributed by atoms with van der Waals surface area (Å²) in [5.41, 5.74) is 5.79. The molecule has 3 N–H and O–H groups in total. The van der Waals surface area contributed by atoms with Gasteiger partial charge >= 0.3 is 0 Å². The van der Waals surface area contributed by atoms with Gasteiger partial charge in [-0.1, -0.05) is 0 Å². The molecule has 0 spiro atoms. The van der Waals surface area contributed by atoms with Gasteiger partial charge in [-0.3, -0.25) is 9.48 Å². The molecule has 0 radical (unpaired) electrons. The van der Waals surface area contributed by atoms with Crippen molar-refractivity contribution in [2.24, 2.45) is 5.73 Å². The molecule has 6 heteroatoms. The molecule has 1 aromatic rings. The van der Waals surface area contributed by atoms with Crippen LogP contribution in [-0.2, 0) is 16.1 Å². The summed E-state index contributed by atoms with van der Waals surface area (Å²) in [6, 6.07) is 1.39. The number of carbonyl (C=O) groups is 1. The van der Waals surface area contributed by atoms with E-state index in [0.717, 1.165) is 6.42 Å². The summed E-state index contributed by atoms with van der Waals surface area (Å²) in [4.78, 5) is 11.8. The highest BCUT2D eigenvalue weighted by Crippen LogP contribution is 1.97. The number of nitrogens with two attached hydrogens (primary N) is 1. The minimum absolute atomic E-state index is 0.00544. The van der Waals surface area contributed by atoms with Crippen molar-refractivity contribution in [3.05, 3.63) is 18.5 Å². The number of amides is 1. The van der Waals surface area contributed by atoms with Gasteiger partial charge in [0.2, 0.25) is 5.91 Å². The maximum atomic E-state index is 11.8. The van der Waals surface area contributed by atoms with Crippen LogP contribution in [0.2, 0.25) is 0 Å². The van der Waals surface area contributed by atoms with Crippen molar-refractivity contribution in [1.29, 1.82) is 0 Å². The SMILES string of the molecule is COCCCC(N)C(=O)NC(C)Cn1cccn1. The summed E-state index contributed by atoms with van der Waals surface area (Å²) in [6.07, 6.45) is 5.00. The van der Waals surface area contributed by atoms with Gasteiger partial charge in [-0.15, -0.1) is 0 Å². The van der Waals surface area contributed by atoms with Gasteiger partial charge in [-0.05, 0) is 25.8 Å². The molecule has 1 rings (SSSR count).